The van der Waals surface area contributed by atoms with E-state index in [9.17, 15) is 14.9 Å². The molecule has 1 amide bonds. The van der Waals surface area contributed by atoms with Crippen LogP contribution in [0.2, 0.25) is 0 Å². The number of anilines is 1. The van der Waals surface area contributed by atoms with E-state index in [2.05, 4.69) is 14.9 Å². The lowest BCUT2D eigenvalue weighted by atomic mass is 9.90. The second-order valence-corrected chi connectivity index (χ2v) is 10.6. The number of nitrogens with zero attached hydrogens (tertiary/aromatic N) is 7. The second-order valence-electron chi connectivity index (χ2n) is 10.6. The van der Waals surface area contributed by atoms with Crippen molar-refractivity contribution in [2.75, 3.05) is 31.9 Å². The van der Waals surface area contributed by atoms with Crippen molar-refractivity contribution >= 4 is 28.4 Å². The van der Waals surface area contributed by atoms with Gasteiger partial charge in [0.25, 0.3) is 0 Å². The number of hydrogen-bond acceptors (Lipinski definition) is 9. The maximum absolute atomic E-state index is 12.0. The molecule has 212 valence electrons. The fourth-order valence-electron chi connectivity index (χ4n) is 6.03. The van der Waals surface area contributed by atoms with Crippen LogP contribution >= 0.6 is 0 Å². The predicted octanol–water partition coefficient (Wildman–Crippen LogP) is 4.42. The number of aromatic nitrogens is 4. The Hall–Kier alpha value is -4.58. The van der Waals surface area contributed by atoms with Crippen molar-refractivity contribution in [3.8, 4) is 22.8 Å². The van der Waals surface area contributed by atoms with Gasteiger partial charge in [0.1, 0.15) is 23.6 Å². The van der Waals surface area contributed by atoms with Crippen LogP contribution in [-0.2, 0) is 4.79 Å². The molecule has 0 atom stereocenters. The first-order valence-corrected chi connectivity index (χ1v) is 13.9. The summed E-state index contributed by atoms with van der Waals surface area (Å²) in [6.07, 6.45) is 5.29. The molecular formula is C29H32N8O4. The molecule has 12 nitrogen and oxygen atoms in total. The smallest absolute Gasteiger partial charge is 0.312 e. The number of benzene rings is 2. The number of para-hydroxylation sites is 1. The van der Waals surface area contributed by atoms with E-state index in [0.29, 0.717) is 34.1 Å². The lowest BCUT2D eigenvalue weighted by molar-refractivity contribution is -0.385. The maximum Gasteiger partial charge on any atom is 0.312 e. The normalized spacial score (nSPS) is 19.8. The minimum Gasteiger partial charge on any atom is -0.450 e. The van der Waals surface area contributed by atoms with Crippen LogP contribution < -0.4 is 10.5 Å². The first-order chi connectivity index (χ1) is 19.9. The van der Waals surface area contributed by atoms with E-state index >= 15 is 0 Å². The highest BCUT2D eigenvalue weighted by Gasteiger charge is 2.32. The highest BCUT2D eigenvalue weighted by Crippen LogP contribution is 2.40. The molecule has 1 saturated heterocycles. The first kappa shape index (κ1) is 26.6. The Kier molecular flexibility index (Phi) is 7.23. The maximum atomic E-state index is 12.0. The summed E-state index contributed by atoms with van der Waals surface area (Å²) in [5, 5.41) is 17.5. The first-order valence-electron chi connectivity index (χ1n) is 13.9. The summed E-state index contributed by atoms with van der Waals surface area (Å²) < 4.78 is 7.73. The van der Waals surface area contributed by atoms with Crippen LogP contribution in [0.25, 0.3) is 22.3 Å². The number of fused-ring (bicyclic) bond motifs is 1. The van der Waals surface area contributed by atoms with E-state index in [1.54, 1.807) is 43.3 Å². The molecule has 0 radical (unpaired) electrons. The third kappa shape index (κ3) is 5.30. The van der Waals surface area contributed by atoms with Crippen LogP contribution in [0, 0.1) is 10.1 Å². The van der Waals surface area contributed by atoms with Crippen molar-refractivity contribution in [1.82, 2.24) is 29.5 Å². The Morgan fingerprint density at radius 1 is 1.00 bits per heavy atom. The molecule has 2 N–H and O–H groups in total. The van der Waals surface area contributed by atoms with Crippen molar-refractivity contribution in [3.05, 3.63) is 65.0 Å². The zero-order valence-corrected chi connectivity index (χ0v) is 22.8. The minimum absolute atomic E-state index is 0.117. The third-order valence-electron chi connectivity index (χ3n) is 8.21. The molecule has 12 heteroatoms. The molecule has 41 heavy (non-hydrogen) atoms. The van der Waals surface area contributed by atoms with E-state index in [1.807, 2.05) is 15.6 Å². The van der Waals surface area contributed by atoms with E-state index in [4.69, 9.17) is 15.6 Å². The summed E-state index contributed by atoms with van der Waals surface area (Å²) in [6.45, 7) is 4.98. The van der Waals surface area contributed by atoms with Gasteiger partial charge < -0.3 is 15.4 Å². The molecule has 6 rings (SSSR count). The summed E-state index contributed by atoms with van der Waals surface area (Å²) in [5.74, 6) is 1.06. The molecule has 1 saturated carbocycles. The van der Waals surface area contributed by atoms with Crippen LogP contribution in [-0.4, -0.2) is 72.6 Å². The number of nitro groups is 1. The number of rotatable bonds is 6. The Morgan fingerprint density at radius 2 is 1.71 bits per heavy atom. The number of hydrogen-bond donors (Lipinski definition) is 1. The van der Waals surface area contributed by atoms with Gasteiger partial charge in [-0.1, -0.05) is 18.2 Å². The number of nitrogen functional groups attached to an aromatic ring is 1. The zero-order chi connectivity index (χ0) is 28.5. The second kappa shape index (κ2) is 11.1. The van der Waals surface area contributed by atoms with Gasteiger partial charge in [0.15, 0.2) is 5.65 Å². The van der Waals surface area contributed by atoms with Crippen LogP contribution in [0.15, 0.2) is 54.9 Å². The van der Waals surface area contributed by atoms with Crippen LogP contribution in [0.3, 0.4) is 0 Å². The van der Waals surface area contributed by atoms with Crippen molar-refractivity contribution in [1.29, 1.82) is 0 Å². The van der Waals surface area contributed by atoms with E-state index in [1.165, 1.54) is 12.4 Å². The Morgan fingerprint density at radius 3 is 2.39 bits per heavy atom. The standard InChI is InChI=1S/C29H32N8O4/c1-19(38)34-13-15-35(16-14-34)21-8-10-22(11-9-21)36-29-26(28(30)31-18-32-29)27(33-36)20-7-12-25(24(17-20)37(39)40)41-23-5-3-2-4-6-23/h2-7,12,17-18,21-22H,8-11,13-16H2,1H3,(H2,30,31,32). The molecule has 1 aliphatic heterocycles. The van der Waals surface area contributed by atoms with E-state index < -0.39 is 4.92 Å². The van der Waals surface area contributed by atoms with Crippen molar-refractivity contribution < 1.29 is 14.5 Å². The molecule has 4 aromatic rings. The lowest BCUT2D eigenvalue weighted by Gasteiger charge is -2.41. The van der Waals surface area contributed by atoms with Gasteiger partial charge in [0, 0.05) is 50.8 Å². The molecule has 2 aromatic heterocycles. The topological polar surface area (TPSA) is 146 Å². The fourth-order valence-corrected chi connectivity index (χ4v) is 6.03. The van der Waals surface area contributed by atoms with E-state index in [0.717, 1.165) is 51.9 Å². The van der Waals surface area contributed by atoms with Gasteiger partial charge >= 0.3 is 5.69 Å². The minimum atomic E-state index is -0.460. The number of amides is 1. The molecule has 0 bridgehead atoms. The van der Waals surface area contributed by atoms with Gasteiger partial charge in [0.2, 0.25) is 11.7 Å². The van der Waals surface area contributed by atoms with Gasteiger partial charge in [-0.25, -0.2) is 14.6 Å². The molecule has 2 aliphatic rings. The Labute approximate surface area is 236 Å². The van der Waals surface area contributed by atoms with E-state index in [-0.39, 0.29) is 29.2 Å². The average Bonchev–Trinajstić information content (AvgIpc) is 3.39. The van der Waals surface area contributed by atoms with Gasteiger partial charge in [0.05, 0.1) is 16.4 Å². The van der Waals surface area contributed by atoms with Gasteiger partial charge in [-0.3, -0.25) is 19.8 Å². The fraction of sp³-hybridized carbons (Fsp3) is 0.379. The lowest BCUT2D eigenvalue weighted by Crippen LogP contribution is -2.52. The summed E-state index contributed by atoms with van der Waals surface area (Å²) in [7, 11) is 0. The zero-order valence-electron chi connectivity index (χ0n) is 22.8. The molecule has 0 unspecified atom stereocenters. The summed E-state index contributed by atoms with van der Waals surface area (Å²) in [5.41, 5.74) is 7.82. The quantitative estimate of drug-likeness (QED) is 0.269. The average molecular weight is 557 g/mol. The van der Waals surface area contributed by atoms with Gasteiger partial charge in [-0.15, -0.1) is 0 Å². The number of ether oxygens (including phenoxy) is 1. The number of carbonyl (C=O) groups is 1. The van der Waals surface area contributed by atoms with Gasteiger partial charge in [-0.2, -0.15) is 5.10 Å². The molecule has 1 aliphatic carbocycles. The van der Waals surface area contributed by atoms with Crippen LogP contribution in [0.4, 0.5) is 11.5 Å². The predicted molar refractivity (Wildman–Crippen MR) is 153 cm³/mol. The highest BCUT2D eigenvalue weighted by molar-refractivity contribution is 5.98. The number of piperazine rings is 1. The largest absolute Gasteiger partial charge is 0.450 e. The monoisotopic (exact) mass is 556 g/mol. The summed E-state index contributed by atoms with van der Waals surface area (Å²) in [4.78, 5) is 36.4. The molecule has 3 heterocycles. The van der Waals surface area contributed by atoms with Crippen molar-refractivity contribution in [3.63, 3.8) is 0 Å². The molecule has 0 spiro atoms. The Balaban J connectivity index is 1.27. The SMILES string of the molecule is CC(=O)N1CCN(C2CCC(n3nc(-c4ccc(Oc5ccccc5)c([N+](=O)[O-])c4)c4c(N)ncnc43)CC2)CC1. The third-order valence-corrected chi connectivity index (χ3v) is 8.21. The number of nitrogens with two attached hydrogens (primary N) is 1. The number of nitro benzene ring substituents is 1. The molecule has 2 fully saturated rings. The van der Waals surface area contributed by atoms with Gasteiger partial charge in [-0.05, 0) is 49.9 Å². The number of carbonyl (C=O) groups excluding carboxylic acids is 1. The van der Waals surface area contributed by atoms with Crippen molar-refractivity contribution in [2.45, 2.75) is 44.7 Å². The highest BCUT2D eigenvalue weighted by atomic mass is 16.6. The summed E-state index contributed by atoms with van der Waals surface area (Å²) in [6, 6.07) is 14.3. The van der Waals surface area contributed by atoms with Crippen LogP contribution in [0.5, 0.6) is 11.5 Å². The van der Waals surface area contributed by atoms with Crippen molar-refractivity contribution in [2.24, 2.45) is 0 Å². The Bertz CT molecular complexity index is 1570. The van der Waals surface area contributed by atoms with Crippen LogP contribution in [0.1, 0.15) is 38.6 Å². The molecule has 2 aromatic carbocycles. The summed E-state index contributed by atoms with van der Waals surface area (Å²) >= 11 is 0. The molecular weight excluding hydrogens is 524 g/mol.